The van der Waals surface area contributed by atoms with Gasteiger partial charge in [-0.3, -0.25) is 14.7 Å². The first-order valence-corrected chi connectivity index (χ1v) is 10.4. The van der Waals surface area contributed by atoms with Gasteiger partial charge in [-0.15, -0.1) is 13.2 Å². The number of morpholine rings is 1. The van der Waals surface area contributed by atoms with Gasteiger partial charge in [-0.1, -0.05) is 36.4 Å². The van der Waals surface area contributed by atoms with E-state index in [-0.39, 0.29) is 24.3 Å². The third-order valence-electron chi connectivity index (χ3n) is 5.29. The summed E-state index contributed by atoms with van der Waals surface area (Å²) >= 11 is 0. The van der Waals surface area contributed by atoms with Crippen molar-refractivity contribution in [2.45, 2.75) is 51.1 Å². The number of halogens is 3. The first kappa shape index (κ1) is 24.7. The van der Waals surface area contributed by atoms with Crippen molar-refractivity contribution in [3.05, 3.63) is 59.7 Å². The van der Waals surface area contributed by atoms with Crippen molar-refractivity contribution in [2.75, 3.05) is 13.1 Å². The van der Waals surface area contributed by atoms with Crippen molar-refractivity contribution >= 4 is 11.9 Å². The Morgan fingerprint density at radius 1 is 1.15 bits per heavy atom. The van der Waals surface area contributed by atoms with E-state index >= 15 is 0 Å². The largest absolute Gasteiger partial charge is 0.523 e. The Bertz CT molecular complexity index is 894. The number of benzene rings is 1. The zero-order valence-electron chi connectivity index (χ0n) is 18.2. The molecule has 2 aliphatic rings. The molecular formula is C22H26F3N3O5. The number of hydrogen-bond acceptors (Lipinski definition) is 5. The highest BCUT2D eigenvalue weighted by Crippen LogP contribution is 2.27. The summed E-state index contributed by atoms with van der Waals surface area (Å²) in [6, 6.07) is 4.56. The summed E-state index contributed by atoms with van der Waals surface area (Å²) in [6.45, 7) is 4.22. The molecule has 2 N–H and O–H groups in total. The molecule has 1 aromatic carbocycles. The number of nitrogens with one attached hydrogen (secondary N) is 1. The van der Waals surface area contributed by atoms with Crippen LogP contribution >= 0.6 is 0 Å². The minimum absolute atomic E-state index is 0.0272. The SMILES string of the molecule is CC1CN(C(=O)N(Cc2ccc(C(=O)NO)cc2)C2C=CC=CC2OC(F)(F)F)CC(C)O1. The fourth-order valence-corrected chi connectivity index (χ4v) is 3.96. The molecule has 8 nitrogen and oxygen atoms in total. The van der Waals surface area contributed by atoms with Crippen LogP contribution in [0.15, 0.2) is 48.6 Å². The summed E-state index contributed by atoms with van der Waals surface area (Å²) in [6.07, 6.45) is -0.979. The average Bonchev–Trinajstić information content (AvgIpc) is 2.76. The molecule has 4 atom stereocenters. The smallest absolute Gasteiger partial charge is 0.372 e. The Labute approximate surface area is 189 Å². The quantitative estimate of drug-likeness (QED) is 0.511. The number of hydrogen-bond donors (Lipinski definition) is 2. The maximum atomic E-state index is 13.5. The number of alkyl halides is 3. The zero-order valence-corrected chi connectivity index (χ0v) is 18.2. The van der Waals surface area contributed by atoms with Gasteiger partial charge in [0.1, 0.15) is 6.10 Å². The fraction of sp³-hybridized carbons (Fsp3) is 0.455. The second-order valence-electron chi connectivity index (χ2n) is 8.00. The highest BCUT2D eigenvalue weighted by molar-refractivity contribution is 5.93. The van der Waals surface area contributed by atoms with Gasteiger partial charge in [-0.05, 0) is 31.5 Å². The van der Waals surface area contributed by atoms with Gasteiger partial charge in [-0.2, -0.15) is 0 Å². The summed E-state index contributed by atoms with van der Waals surface area (Å²) in [5.41, 5.74) is 2.30. The van der Waals surface area contributed by atoms with Crippen molar-refractivity contribution in [2.24, 2.45) is 0 Å². The molecule has 0 bridgehead atoms. The maximum Gasteiger partial charge on any atom is 0.523 e. The molecule has 1 aliphatic carbocycles. The van der Waals surface area contributed by atoms with E-state index in [2.05, 4.69) is 4.74 Å². The van der Waals surface area contributed by atoms with Gasteiger partial charge in [0.25, 0.3) is 5.91 Å². The molecule has 4 unspecified atom stereocenters. The topological polar surface area (TPSA) is 91.3 Å². The number of rotatable bonds is 5. The number of allylic oxidation sites excluding steroid dienone is 2. The molecule has 3 rings (SSSR count). The highest BCUT2D eigenvalue weighted by Gasteiger charge is 2.40. The molecule has 1 aliphatic heterocycles. The lowest BCUT2D eigenvalue weighted by atomic mass is 10.0. The molecule has 3 amide bonds. The molecule has 0 saturated carbocycles. The Balaban J connectivity index is 1.90. The van der Waals surface area contributed by atoms with E-state index in [1.165, 1.54) is 40.7 Å². The molecule has 0 spiro atoms. The van der Waals surface area contributed by atoms with Crippen LogP contribution in [0, 0.1) is 0 Å². The molecule has 1 heterocycles. The Morgan fingerprint density at radius 2 is 1.76 bits per heavy atom. The molecule has 1 aromatic rings. The monoisotopic (exact) mass is 469 g/mol. The van der Waals surface area contributed by atoms with E-state index in [0.29, 0.717) is 18.7 Å². The molecule has 1 saturated heterocycles. The van der Waals surface area contributed by atoms with E-state index in [0.717, 1.165) is 0 Å². The highest BCUT2D eigenvalue weighted by atomic mass is 19.4. The lowest BCUT2D eigenvalue weighted by Crippen LogP contribution is -2.57. The molecule has 1 fully saturated rings. The second-order valence-corrected chi connectivity index (χ2v) is 8.00. The van der Waals surface area contributed by atoms with Gasteiger partial charge in [0, 0.05) is 25.2 Å². The van der Waals surface area contributed by atoms with Crippen LogP contribution in [0.2, 0.25) is 0 Å². The lowest BCUT2D eigenvalue weighted by molar-refractivity contribution is -0.339. The molecule has 0 aromatic heterocycles. The van der Waals surface area contributed by atoms with E-state index in [9.17, 15) is 22.8 Å². The summed E-state index contributed by atoms with van der Waals surface area (Å²) in [5, 5.41) is 8.77. The van der Waals surface area contributed by atoms with Crippen LogP contribution in [0.4, 0.5) is 18.0 Å². The molecular weight excluding hydrogens is 443 g/mol. The first-order chi connectivity index (χ1) is 15.6. The van der Waals surface area contributed by atoms with Crippen LogP contribution < -0.4 is 5.48 Å². The number of amides is 3. The third kappa shape index (κ3) is 6.56. The Kier molecular flexibility index (Phi) is 7.77. The summed E-state index contributed by atoms with van der Waals surface area (Å²) < 4.78 is 49.1. The van der Waals surface area contributed by atoms with Crippen LogP contribution in [0.25, 0.3) is 0 Å². The van der Waals surface area contributed by atoms with Crippen molar-refractivity contribution < 1.29 is 37.4 Å². The Morgan fingerprint density at radius 3 is 2.33 bits per heavy atom. The van der Waals surface area contributed by atoms with Crippen LogP contribution in [0.3, 0.4) is 0 Å². The minimum Gasteiger partial charge on any atom is -0.372 e. The van der Waals surface area contributed by atoms with Gasteiger partial charge >= 0.3 is 12.4 Å². The Hall–Kier alpha value is -2.89. The normalized spacial score (nSPS) is 25.1. The van der Waals surface area contributed by atoms with Gasteiger partial charge in [-0.25, -0.2) is 10.3 Å². The summed E-state index contributed by atoms with van der Waals surface area (Å²) in [4.78, 5) is 28.0. The first-order valence-electron chi connectivity index (χ1n) is 10.4. The number of urea groups is 1. The van der Waals surface area contributed by atoms with Gasteiger partial charge in [0.15, 0.2) is 0 Å². The average molecular weight is 469 g/mol. The van der Waals surface area contributed by atoms with Crippen LogP contribution in [-0.2, 0) is 16.0 Å². The number of ether oxygens (including phenoxy) is 2. The molecule has 0 radical (unpaired) electrons. The van der Waals surface area contributed by atoms with Crippen LogP contribution in [0.1, 0.15) is 29.8 Å². The summed E-state index contributed by atoms with van der Waals surface area (Å²) in [7, 11) is 0. The van der Waals surface area contributed by atoms with Crippen molar-refractivity contribution in [3.63, 3.8) is 0 Å². The molecule has 11 heteroatoms. The second kappa shape index (κ2) is 10.4. The number of nitrogens with zero attached hydrogens (tertiary/aromatic N) is 2. The van der Waals surface area contributed by atoms with Crippen LogP contribution in [0.5, 0.6) is 0 Å². The van der Waals surface area contributed by atoms with Crippen molar-refractivity contribution in [1.29, 1.82) is 0 Å². The van der Waals surface area contributed by atoms with Gasteiger partial charge < -0.3 is 14.5 Å². The molecule has 180 valence electrons. The lowest BCUT2D eigenvalue weighted by Gasteiger charge is -2.42. The fourth-order valence-electron chi connectivity index (χ4n) is 3.96. The van der Waals surface area contributed by atoms with E-state index in [1.807, 2.05) is 13.8 Å². The molecule has 33 heavy (non-hydrogen) atoms. The van der Waals surface area contributed by atoms with E-state index in [1.54, 1.807) is 23.1 Å². The predicted octanol–water partition coefficient (Wildman–Crippen LogP) is 3.24. The van der Waals surface area contributed by atoms with E-state index < -0.39 is 30.4 Å². The van der Waals surface area contributed by atoms with Gasteiger partial charge in [0.05, 0.1) is 18.2 Å². The van der Waals surface area contributed by atoms with Gasteiger partial charge in [0.2, 0.25) is 0 Å². The zero-order chi connectivity index (χ0) is 24.2. The predicted molar refractivity (Wildman–Crippen MR) is 111 cm³/mol. The maximum absolute atomic E-state index is 13.5. The standard InChI is InChI=1S/C22H26F3N3O5/c1-14-11-27(12-15(2)32-14)21(30)28(13-16-7-9-17(10-8-16)20(29)26-31)18-5-3-4-6-19(18)33-22(23,24)25/h3-10,14-15,18-19,31H,11-13H2,1-2H3,(H,26,29). The number of carbonyl (C=O) groups is 2. The number of hydroxylamine groups is 1. The van der Waals surface area contributed by atoms with Crippen LogP contribution in [-0.4, -0.2) is 70.8 Å². The minimum atomic E-state index is -4.88. The van der Waals surface area contributed by atoms with Crippen molar-refractivity contribution in [3.8, 4) is 0 Å². The van der Waals surface area contributed by atoms with E-state index in [4.69, 9.17) is 9.94 Å². The summed E-state index contributed by atoms with van der Waals surface area (Å²) in [5.74, 6) is -0.704. The number of carbonyl (C=O) groups excluding carboxylic acids is 2. The third-order valence-corrected chi connectivity index (χ3v) is 5.29. The van der Waals surface area contributed by atoms with Crippen molar-refractivity contribution in [1.82, 2.24) is 15.3 Å².